The van der Waals surface area contributed by atoms with Crippen LogP contribution < -0.4 is 4.74 Å². The Morgan fingerprint density at radius 3 is 2.40 bits per heavy atom. The van der Waals surface area contributed by atoms with Gasteiger partial charge in [0.2, 0.25) is 0 Å². The fourth-order valence-corrected chi connectivity index (χ4v) is 1.58. The van der Waals surface area contributed by atoms with E-state index < -0.39 is 0 Å². The van der Waals surface area contributed by atoms with E-state index in [1.807, 2.05) is 6.92 Å². The summed E-state index contributed by atoms with van der Waals surface area (Å²) in [6.07, 6.45) is 2.85. The van der Waals surface area contributed by atoms with Gasteiger partial charge in [0.15, 0.2) is 0 Å². The molecular formula is C16H24O4. The first-order valence-electron chi connectivity index (χ1n) is 7.25. The maximum atomic E-state index is 11.7. The number of carbonyl (C=O) groups excluding carboxylic acids is 1. The fraction of sp³-hybridized carbons (Fsp3) is 0.562. The zero-order valence-corrected chi connectivity index (χ0v) is 12.4. The highest BCUT2D eigenvalue weighted by molar-refractivity contribution is 5.89. The Balaban J connectivity index is 2.30. The average molecular weight is 280 g/mol. The first-order valence-corrected chi connectivity index (χ1v) is 7.25. The minimum atomic E-state index is -0.304. The van der Waals surface area contributed by atoms with Crippen LogP contribution in [0.25, 0.3) is 0 Å². The van der Waals surface area contributed by atoms with E-state index in [1.165, 1.54) is 0 Å². The van der Waals surface area contributed by atoms with E-state index in [4.69, 9.17) is 14.2 Å². The molecule has 1 aromatic carbocycles. The van der Waals surface area contributed by atoms with Crippen molar-refractivity contribution in [2.75, 3.05) is 26.4 Å². The number of ether oxygens (including phenoxy) is 3. The zero-order chi connectivity index (χ0) is 14.6. The Hall–Kier alpha value is -1.55. The molecule has 0 saturated carbocycles. The van der Waals surface area contributed by atoms with Crippen LogP contribution in [0.4, 0.5) is 0 Å². The highest BCUT2D eigenvalue weighted by Gasteiger charge is 2.06. The molecule has 0 atom stereocenters. The summed E-state index contributed by atoms with van der Waals surface area (Å²) in [6.45, 7) is 6.46. The lowest BCUT2D eigenvalue weighted by Gasteiger charge is -2.07. The Kier molecular flexibility index (Phi) is 8.47. The average Bonchev–Trinajstić information content (AvgIpc) is 2.48. The summed E-state index contributed by atoms with van der Waals surface area (Å²) in [5.74, 6) is 0.480. The van der Waals surface area contributed by atoms with E-state index >= 15 is 0 Å². The molecule has 0 amide bonds. The van der Waals surface area contributed by atoms with Crippen LogP contribution >= 0.6 is 0 Å². The Labute approximate surface area is 121 Å². The number of rotatable bonds is 10. The van der Waals surface area contributed by atoms with Crippen molar-refractivity contribution in [2.45, 2.75) is 33.1 Å². The van der Waals surface area contributed by atoms with Gasteiger partial charge >= 0.3 is 5.97 Å². The standard InChI is InChI=1S/C16H24O4/c1-3-5-12-19-15-9-7-14(8-10-15)16(17)20-13-6-11-18-4-2/h7-10H,3-6,11-13H2,1-2H3. The van der Waals surface area contributed by atoms with Gasteiger partial charge in [-0.2, -0.15) is 0 Å². The van der Waals surface area contributed by atoms with Crippen molar-refractivity contribution >= 4 is 5.97 Å². The number of hydrogen-bond donors (Lipinski definition) is 0. The molecule has 1 rings (SSSR count). The number of esters is 1. The van der Waals surface area contributed by atoms with Crippen LogP contribution in [0, 0.1) is 0 Å². The normalized spacial score (nSPS) is 10.3. The van der Waals surface area contributed by atoms with E-state index in [1.54, 1.807) is 24.3 Å². The van der Waals surface area contributed by atoms with Crippen LogP contribution in [0.3, 0.4) is 0 Å². The van der Waals surface area contributed by atoms with Gasteiger partial charge in [0.05, 0.1) is 18.8 Å². The third kappa shape index (κ3) is 6.57. The molecule has 0 aliphatic rings. The molecule has 0 radical (unpaired) electrons. The largest absolute Gasteiger partial charge is 0.494 e. The number of carbonyl (C=O) groups is 1. The predicted octanol–water partition coefficient (Wildman–Crippen LogP) is 3.45. The van der Waals surface area contributed by atoms with Crippen LogP contribution in [0.1, 0.15) is 43.5 Å². The molecular weight excluding hydrogens is 256 g/mol. The summed E-state index contributed by atoms with van der Waals surface area (Å²) in [5, 5.41) is 0. The molecule has 4 nitrogen and oxygen atoms in total. The minimum absolute atomic E-state index is 0.304. The van der Waals surface area contributed by atoms with Crippen LogP contribution in [-0.4, -0.2) is 32.4 Å². The van der Waals surface area contributed by atoms with Crippen molar-refractivity contribution in [3.8, 4) is 5.75 Å². The van der Waals surface area contributed by atoms with Gasteiger partial charge in [0.1, 0.15) is 5.75 Å². The van der Waals surface area contributed by atoms with E-state index in [-0.39, 0.29) is 5.97 Å². The van der Waals surface area contributed by atoms with E-state index in [9.17, 15) is 4.79 Å². The monoisotopic (exact) mass is 280 g/mol. The predicted molar refractivity (Wildman–Crippen MR) is 78.2 cm³/mol. The van der Waals surface area contributed by atoms with Gasteiger partial charge < -0.3 is 14.2 Å². The van der Waals surface area contributed by atoms with Crippen LogP contribution in [-0.2, 0) is 9.47 Å². The van der Waals surface area contributed by atoms with Crippen molar-refractivity contribution in [1.82, 2.24) is 0 Å². The second kappa shape index (κ2) is 10.3. The smallest absolute Gasteiger partial charge is 0.338 e. The Morgan fingerprint density at radius 1 is 1.00 bits per heavy atom. The Morgan fingerprint density at radius 2 is 1.75 bits per heavy atom. The van der Waals surface area contributed by atoms with Gasteiger partial charge in [-0.25, -0.2) is 4.79 Å². The molecule has 0 aliphatic carbocycles. The maximum absolute atomic E-state index is 11.7. The van der Waals surface area contributed by atoms with Crippen molar-refractivity contribution < 1.29 is 19.0 Å². The van der Waals surface area contributed by atoms with Gasteiger partial charge in [0, 0.05) is 19.6 Å². The highest BCUT2D eigenvalue weighted by Crippen LogP contribution is 2.13. The lowest BCUT2D eigenvalue weighted by Crippen LogP contribution is -2.08. The van der Waals surface area contributed by atoms with Gasteiger partial charge in [-0.3, -0.25) is 0 Å². The maximum Gasteiger partial charge on any atom is 0.338 e. The molecule has 0 aliphatic heterocycles. The Bertz CT molecular complexity index is 373. The van der Waals surface area contributed by atoms with E-state index in [2.05, 4.69) is 6.92 Å². The molecule has 0 aromatic heterocycles. The van der Waals surface area contributed by atoms with Crippen molar-refractivity contribution in [3.63, 3.8) is 0 Å². The lowest BCUT2D eigenvalue weighted by molar-refractivity contribution is 0.0452. The van der Waals surface area contributed by atoms with Gasteiger partial charge in [-0.05, 0) is 37.6 Å². The van der Waals surface area contributed by atoms with Gasteiger partial charge in [0.25, 0.3) is 0 Å². The number of unbranched alkanes of at least 4 members (excludes halogenated alkanes) is 1. The molecule has 0 spiro atoms. The molecule has 20 heavy (non-hydrogen) atoms. The number of benzene rings is 1. The fourth-order valence-electron chi connectivity index (χ4n) is 1.58. The van der Waals surface area contributed by atoms with Crippen molar-refractivity contribution in [3.05, 3.63) is 29.8 Å². The second-order valence-corrected chi connectivity index (χ2v) is 4.41. The summed E-state index contributed by atoms with van der Waals surface area (Å²) in [5.41, 5.74) is 0.546. The highest BCUT2D eigenvalue weighted by atomic mass is 16.5. The molecule has 0 unspecified atom stereocenters. The van der Waals surface area contributed by atoms with Crippen LogP contribution in [0.2, 0.25) is 0 Å². The number of hydrogen-bond acceptors (Lipinski definition) is 4. The van der Waals surface area contributed by atoms with E-state index in [0.717, 1.165) is 25.0 Å². The second-order valence-electron chi connectivity index (χ2n) is 4.41. The van der Waals surface area contributed by atoms with Crippen LogP contribution in [0.5, 0.6) is 5.75 Å². The molecule has 0 fully saturated rings. The van der Waals surface area contributed by atoms with Crippen molar-refractivity contribution in [2.24, 2.45) is 0 Å². The van der Waals surface area contributed by atoms with Gasteiger partial charge in [-0.15, -0.1) is 0 Å². The molecule has 0 heterocycles. The first-order chi connectivity index (χ1) is 9.77. The summed E-state index contributed by atoms with van der Waals surface area (Å²) in [7, 11) is 0. The van der Waals surface area contributed by atoms with E-state index in [0.29, 0.717) is 32.0 Å². The molecule has 0 saturated heterocycles. The summed E-state index contributed by atoms with van der Waals surface area (Å²) < 4.78 is 15.9. The quantitative estimate of drug-likeness (QED) is 0.486. The lowest BCUT2D eigenvalue weighted by atomic mass is 10.2. The molecule has 1 aromatic rings. The zero-order valence-electron chi connectivity index (χ0n) is 12.4. The molecule has 4 heteroatoms. The summed E-state index contributed by atoms with van der Waals surface area (Å²) in [4.78, 5) is 11.7. The van der Waals surface area contributed by atoms with Gasteiger partial charge in [-0.1, -0.05) is 13.3 Å². The van der Waals surface area contributed by atoms with Crippen molar-refractivity contribution in [1.29, 1.82) is 0 Å². The minimum Gasteiger partial charge on any atom is -0.494 e. The first kappa shape index (κ1) is 16.5. The molecule has 0 bridgehead atoms. The molecule has 112 valence electrons. The topological polar surface area (TPSA) is 44.8 Å². The summed E-state index contributed by atoms with van der Waals surface area (Å²) in [6, 6.07) is 7.05. The third-order valence-electron chi connectivity index (χ3n) is 2.73. The third-order valence-corrected chi connectivity index (χ3v) is 2.73. The molecule has 0 N–H and O–H groups in total. The summed E-state index contributed by atoms with van der Waals surface area (Å²) >= 11 is 0. The van der Waals surface area contributed by atoms with Crippen LogP contribution in [0.15, 0.2) is 24.3 Å². The SMILES string of the molecule is CCCCOc1ccc(C(=O)OCCCOCC)cc1.